The molecular weight excluding hydrogens is 208 g/mol. The van der Waals surface area contributed by atoms with Crippen LogP contribution in [0.2, 0.25) is 0 Å². The molecule has 1 fully saturated rings. The second-order valence-corrected chi connectivity index (χ2v) is 3.83. The number of hydrogen-bond donors (Lipinski definition) is 1. The molecule has 1 saturated heterocycles. The number of morpholine rings is 1. The Hall–Kier alpha value is -1.62. The van der Waals surface area contributed by atoms with Crippen molar-refractivity contribution in [3.63, 3.8) is 0 Å². The van der Waals surface area contributed by atoms with E-state index in [1.807, 2.05) is 6.92 Å². The van der Waals surface area contributed by atoms with Gasteiger partial charge in [0, 0.05) is 19.3 Å². The smallest absolute Gasteiger partial charge is 0.257 e. The number of rotatable bonds is 1. The Kier molecular flexibility index (Phi) is 3.05. The molecule has 1 aliphatic heterocycles. The number of ether oxygens (including phenoxy) is 1. The molecule has 1 aromatic rings. The van der Waals surface area contributed by atoms with E-state index in [2.05, 4.69) is 4.98 Å². The minimum atomic E-state index is -0.171. The molecule has 0 saturated carbocycles. The van der Waals surface area contributed by atoms with Crippen molar-refractivity contribution < 1.29 is 14.6 Å². The maximum atomic E-state index is 12.0. The first kappa shape index (κ1) is 10.9. The van der Waals surface area contributed by atoms with E-state index in [1.54, 1.807) is 4.90 Å². The molecule has 1 atom stereocenters. The Morgan fingerprint density at radius 3 is 3.19 bits per heavy atom. The molecule has 5 nitrogen and oxygen atoms in total. The summed E-state index contributed by atoms with van der Waals surface area (Å²) in [5, 5.41) is 9.54. The van der Waals surface area contributed by atoms with Gasteiger partial charge < -0.3 is 14.7 Å². The molecule has 16 heavy (non-hydrogen) atoms. The zero-order chi connectivity index (χ0) is 11.5. The molecule has 1 amide bonds. The van der Waals surface area contributed by atoms with E-state index in [0.717, 1.165) is 0 Å². The first-order valence-corrected chi connectivity index (χ1v) is 5.22. The zero-order valence-electron chi connectivity index (χ0n) is 9.09. The summed E-state index contributed by atoms with van der Waals surface area (Å²) in [7, 11) is 0. The predicted octanol–water partition coefficient (Wildman–Crippen LogP) is 0.648. The van der Waals surface area contributed by atoms with Gasteiger partial charge in [-0.15, -0.1) is 0 Å². The van der Waals surface area contributed by atoms with Crippen LogP contribution >= 0.6 is 0 Å². The van der Waals surface area contributed by atoms with E-state index in [1.165, 1.54) is 18.5 Å². The fourth-order valence-electron chi connectivity index (χ4n) is 1.74. The van der Waals surface area contributed by atoms with Crippen LogP contribution in [0.15, 0.2) is 18.5 Å². The van der Waals surface area contributed by atoms with Gasteiger partial charge in [-0.2, -0.15) is 0 Å². The van der Waals surface area contributed by atoms with E-state index in [-0.39, 0.29) is 17.8 Å². The van der Waals surface area contributed by atoms with Crippen LogP contribution in [0.4, 0.5) is 0 Å². The first-order valence-electron chi connectivity index (χ1n) is 5.22. The van der Waals surface area contributed by atoms with Gasteiger partial charge in [0.2, 0.25) is 0 Å². The lowest BCUT2D eigenvalue weighted by molar-refractivity contribution is -0.0125. The van der Waals surface area contributed by atoms with Gasteiger partial charge in [0.15, 0.2) is 0 Å². The largest absolute Gasteiger partial charge is 0.505 e. The fourth-order valence-corrected chi connectivity index (χ4v) is 1.74. The highest BCUT2D eigenvalue weighted by Gasteiger charge is 2.24. The van der Waals surface area contributed by atoms with E-state index < -0.39 is 0 Å². The van der Waals surface area contributed by atoms with Crippen molar-refractivity contribution in [2.45, 2.75) is 13.0 Å². The van der Waals surface area contributed by atoms with Crippen LogP contribution in [0.5, 0.6) is 5.75 Å². The number of nitrogens with zero attached hydrogens (tertiary/aromatic N) is 2. The normalized spacial score (nSPS) is 20.8. The van der Waals surface area contributed by atoms with E-state index in [9.17, 15) is 9.90 Å². The summed E-state index contributed by atoms with van der Waals surface area (Å²) < 4.78 is 5.36. The van der Waals surface area contributed by atoms with Crippen LogP contribution in [0, 0.1) is 0 Å². The maximum absolute atomic E-state index is 12.0. The highest BCUT2D eigenvalue weighted by molar-refractivity contribution is 5.96. The Balaban J connectivity index is 2.16. The van der Waals surface area contributed by atoms with Crippen molar-refractivity contribution >= 4 is 5.91 Å². The topological polar surface area (TPSA) is 62.7 Å². The van der Waals surface area contributed by atoms with Crippen LogP contribution in [0.25, 0.3) is 0 Å². The Bertz CT molecular complexity index is 395. The van der Waals surface area contributed by atoms with Crippen molar-refractivity contribution in [1.29, 1.82) is 0 Å². The Morgan fingerprint density at radius 1 is 1.69 bits per heavy atom. The summed E-state index contributed by atoms with van der Waals surface area (Å²) in [5.74, 6) is -0.248. The molecule has 0 aliphatic carbocycles. The SMILES string of the molecule is CC1CN(C(=O)c2ccncc2O)CCO1. The van der Waals surface area contributed by atoms with Gasteiger partial charge in [-0.25, -0.2) is 0 Å². The maximum Gasteiger partial charge on any atom is 0.257 e. The second kappa shape index (κ2) is 4.49. The number of aromatic hydroxyl groups is 1. The Morgan fingerprint density at radius 2 is 2.50 bits per heavy atom. The first-order chi connectivity index (χ1) is 7.68. The van der Waals surface area contributed by atoms with Gasteiger partial charge in [-0.1, -0.05) is 0 Å². The molecule has 0 bridgehead atoms. The molecule has 2 rings (SSSR count). The highest BCUT2D eigenvalue weighted by Crippen LogP contribution is 2.17. The molecule has 5 heteroatoms. The molecular formula is C11H14N2O3. The molecule has 0 radical (unpaired) electrons. The monoisotopic (exact) mass is 222 g/mol. The van der Waals surface area contributed by atoms with Gasteiger partial charge in [0.05, 0.1) is 24.5 Å². The second-order valence-electron chi connectivity index (χ2n) is 3.83. The molecule has 1 aliphatic rings. The standard InChI is InChI=1S/C11H14N2O3/c1-8-7-13(4-5-16-8)11(15)9-2-3-12-6-10(9)14/h2-3,6,8,14H,4-5,7H2,1H3. The quantitative estimate of drug-likeness (QED) is 0.757. The van der Waals surface area contributed by atoms with Crippen molar-refractivity contribution in [2.75, 3.05) is 19.7 Å². The third kappa shape index (κ3) is 2.14. The van der Waals surface area contributed by atoms with Crippen molar-refractivity contribution in [3.05, 3.63) is 24.0 Å². The summed E-state index contributed by atoms with van der Waals surface area (Å²) in [5.41, 5.74) is 0.295. The van der Waals surface area contributed by atoms with Gasteiger partial charge in [-0.05, 0) is 13.0 Å². The van der Waals surface area contributed by atoms with Gasteiger partial charge >= 0.3 is 0 Å². The molecule has 0 spiro atoms. The van der Waals surface area contributed by atoms with Crippen LogP contribution < -0.4 is 0 Å². The number of aromatic nitrogens is 1. The van der Waals surface area contributed by atoms with Gasteiger partial charge in [0.25, 0.3) is 5.91 Å². The number of carbonyl (C=O) groups is 1. The minimum absolute atomic E-state index is 0.0432. The number of carbonyl (C=O) groups excluding carboxylic acids is 1. The summed E-state index contributed by atoms with van der Waals surface area (Å²) in [6.45, 7) is 3.58. The van der Waals surface area contributed by atoms with Crippen molar-refractivity contribution in [1.82, 2.24) is 9.88 Å². The lowest BCUT2D eigenvalue weighted by Gasteiger charge is -2.31. The molecule has 0 aromatic carbocycles. The van der Waals surface area contributed by atoms with Crippen molar-refractivity contribution in [2.24, 2.45) is 0 Å². The number of hydrogen-bond acceptors (Lipinski definition) is 4. The molecule has 1 N–H and O–H groups in total. The minimum Gasteiger partial charge on any atom is -0.505 e. The van der Waals surface area contributed by atoms with Gasteiger partial charge in [-0.3, -0.25) is 9.78 Å². The van der Waals surface area contributed by atoms with Crippen LogP contribution in [0.1, 0.15) is 17.3 Å². The van der Waals surface area contributed by atoms with E-state index >= 15 is 0 Å². The third-order valence-electron chi connectivity index (χ3n) is 2.56. The average Bonchev–Trinajstić information content (AvgIpc) is 2.29. The fraction of sp³-hybridized carbons (Fsp3) is 0.455. The molecule has 1 unspecified atom stereocenters. The van der Waals surface area contributed by atoms with E-state index in [0.29, 0.717) is 25.3 Å². The summed E-state index contributed by atoms with van der Waals surface area (Å²) in [4.78, 5) is 17.5. The van der Waals surface area contributed by atoms with Crippen LogP contribution in [-0.4, -0.2) is 46.7 Å². The highest BCUT2D eigenvalue weighted by atomic mass is 16.5. The lowest BCUT2D eigenvalue weighted by atomic mass is 10.2. The van der Waals surface area contributed by atoms with E-state index in [4.69, 9.17) is 4.74 Å². The van der Waals surface area contributed by atoms with Gasteiger partial charge in [0.1, 0.15) is 5.75 Å². The summed E-state index contributed by atoms with van der Waals surface area (Å²) in [6, 6.07) is 1.53. The summed E-state index contributed by atoms with van der Waals surface area (Å²) >= 11 is 0. The van der Waals surface area contributed by atoms with Crippen LogP contribution in [0.3, 0.4) is 0 Å². The lowest BCUT2D eigenvalue weighted by Crippen LogP contribution is -2.44. The summed E-state index contributed by atoms with van der Waals surface area (Å²) in [6.07, 6.45) is 2.81. The number of amides is 1. The van der Waals surface area contributed by atoms with Crippen LogP contribution in [-0.2, 0) is 4.74 Å². The molecule has 2 heterocycles. The average molecular weight is 222 g/mol. The zero-order valence-corrected chi connectivity index (χ0v) is 9.09. The molecule has 86 valence electrons. The predicted molar refractivity (Wildman–Crippen MR) is 57.2 cm³/mol. The Labute approximate surface area is 93.7 Å². The van der Waals surface area contributed by atoms with Crippen molar-refractivity contribution in [3.8, 4) is 5.75 Å². The molecule has 1 aromatic heterocycles. The number of pyridine rings is 1. The third-order valence-corrected chi connectivity index (χ3v) is 2.56.